The Hall–Kier alpha value is -3.02. The number of rotatable bonds is 11. The fourth-order valence-corrected chi connectivity index (χ4v) is 4.05. The summed E-state index contributed by atoms with van der Waals surface area (Å²) in [7, 11) is 0. The number of aryl methyl sites for hydroxylation is 1. The first-order chi connectivity index (χ1) is 17.3. The van der Waals surface area contributed by atoms with E-state index in [4.69, 9.17) is 27.9 Å². The lowest BCUT2D eigenvalue weighted by Gasteiger charge is -2.32. The fourth-order valence-electron chi connectivity index (χ4n) is 3.74. The van der Waals surface area contributed by atoms with E-state index in [1.807, 2.05) is 69.3 Å². The molecule has 3 rings (SSSR count). The quantitative estimate of drug-likeness (QED) is 0.322. The van der Waals surface area contributed by atoms with Gasteiger partial charge in [0.15, 0.2) is 6.61 Å². The van der Waals surface area contributed by atoms with E-state index in [2.05, 4.69) is 5.32 Å². The molecule has 2 unspecified atom stereocenters. The fraction of sp³-hybridized carbons (Fsp3) is 0.310. The Morgan fingerprint density at radius 3 is 2.33 bits per heavy atom. The van der Waals surface area contributed by atoms with E-state index in [-0.39, 0.29) is 31.0 Å². The van der Waals surface area contributed by atoms with Crippen LogP contribution in [-0.4, -0.2) is 35.4 Å². The standard InChI is InChI=1S/C29H32Cl2N2O3/c1-4-21(3)32-29(35)27(17-22-10-6-5-7-11-22)33(18-23-12-8-9-13-26(23)31)28(34)19-36-24-14-15-25(30)20(2)16-24/h5-16,21,27H,4,17-19H2,1-3H3,(H,32,35). The van der Waals surface area contributed by atoms with Gasteiger partial charge in [0.2, 0.25) is 5.91 Å². The number of carbonyl (C=O) groups excluding carboxylic acids is 2. The van der Waals surface area contributed by atoms with Crippen molar-refractivity contribution in [1.29, 1.82) is 0 Å². The summed E-state index contributed by atoms with van der Waals surface area (Å²) in [6.45, 7) is 5.77. The first-order valence-electron chi connectivity index (χ1n) is 12.0. The maximum atomic E-state index is 13.6. The summed E-state index contributed by atoms with van der Waals surface area (Å²) in [4.78, 5) is 28.7. The average Bonchev–Trinajstić information content (AvgIpc) is 2.88. The third-order valence-electron chi connectivity index (χ3n) is 6.06. The highest BCUT2D eigenvalue weighted by Crippen LogP contribution is 2.23. The minimum atomic E-state index is -0.749. The molecule has 2 amide bonds. The molecule has 0 aliphatic carbocycles. The summed E-state index contributed by atoms with van der Waals surface area (Å²) in [5.74, 6) is 0.00492. The zero-order valence-corrected chi connectivity index (χ0v) is 22.4. The largest absolute Gasteiger partial charge is 0.484 e. The summed E-state index contributed by atoms with van der Waals surface area (Å²) in [6, 6.07) is 21.5. The van der Waals surface area contributed by atoms with Gasteiger partial charge >= 0.3 is 0 Å². The molecule has 0 bridgehead atoms. The number of hydrogen-bond donors (Lipinski definition) is 1. The van der Waals surface area contributed by atoms with Gasteiger partial charge in [-0.05, 0) is 61.2 Å². The van der Waals surface area contributed by atoms with Crippen molar-refractivity contribution in [3.05, 3.63) is 99.5 Å². The van der Waals surface area contributed by atoms with Crippen LogP contribution in [0.2, 0.25) is 10.0 Å². The van der Waals surface area contributed by atoms with Crippen molar-refractivity contribution in [1.82, 2.24) is 10.2 Å². The molecule has 0 fully saturated rings. The highest BCUT2D eigenvalue weighted by atomic mass is 35.5. The smallest absolute Gasteiger partial charge is 0.261 e. The molecule has 3 aromatic carbocycles. The Labute approximate surface area is 223 Å². The van der Waals surface area contributed by atoms with Gasteiger partial charge in [0.25, 0.3) is 5.91 Å². The van der Waals surface area contributed by atoms with E-state index in [0.717, 1.165) is 23.1 Å². The third kappa shape index (κ3) is 7.74. The van der Waals surface area contributed by atoms with Crippen molar-refractivity contribution >= 4 is 35.0 Å². The first kappa shape index (κ1) is 27.6. The van der Waals surface area contributed by atoms with Gasteiger partial charge in [-0.25, -0.2) is 0 Å². The molecule has 0 heterocycles. The number of carbonyl (C=O) groups is 2. The second-order valence-electron chi connectivity index (χ2n) is 8.84. The summed E-state index contributed by atoms with van der Waals surface area (Å²) in [5.41, 5.74) is 2.56. The molecule has 0 aliphatic rings. The molecule has 0 spiro atoms. The molecule has 0 saturated carbocycles. The van der Waals surface area contributed by atoms with Crippen LogP contribution in [-0.2, 0) is 22.6 Å². The van der Waals surface area contributed by atoms with Crippen LogP contribution in [0.3, 0.4) is 0 Å². The molecule has 1 N–H and O–H groups in total. The molecule has 0 saturated heterocycles. The minimum absolute atomic E-state index is 0.0265. The minimum Gasteiger partial charge on any atom is -0.484 e. The predicted molar refractivity (Wildman–Crippen MR) is 146 cm³/mol. The number of amides is 2. The van der Waals surface area contributed by atoms with Crippen LogP contribution in [0, 0.1) is 6.92 Å². The topological polar surface area (TPSA) is 58.6 Å². The van der Waals surface area contributed by atoms with E-state index in [9.17, 15) is 9.59 Å². The van der Waals surface area contributed by atoms with Crippen molar-refractivity contribution in [3.8, 4) is 5.75 Å². The number of benzene rings is 3. The van der Waals surface area contributed by atoms with Gasteiger partial charge in [0, 0.05) is 29.1 Å². The highest BCUT2D eigenvalue weighted by Gasteiger charge is 2.31. The SMILES string of the molecule is CCC(C)NC(=O)C(Cc1ccccc1)N(Cc1ccccc1Cl)C(=O)COc1ccc(Cl)c(C)c1. The molecule has 2 atom stereocenters. The van der Waals surface area contributed by atoms with Crippen LogP contribution in [0.15, 0.2) is 72.8 Å². The maximum Gasteiger partial charge on any atom is 0.261 e. The van der Waals surface area contributed by atoms with Gasteiger partial charge in [-0.1, -0.05) is 78.7 Å². The van der Waals surface area contributed by atoms with Crippen LogP contribution >= 0.6 is 23.2 Å². The summed E-state index contributed by atoms with van der Waals surface area (Å²) < 4.78 is 5.82. The van der Waals surface area contributed by atoms with Gasteiger partial charge in [0.1, 0.15) is 11.8 Å². The zero-order chi connectivity index (χ0) is 26.1. The Balaban J connectivity index is 1.92. The lowest BCUT2D eigenvalue weighted by molar-refractivity contribution is -0.143. The van der Waals surface area contributed by atoms with Crippen molar-refractivity contribution in [2.75, 3.05) is 6.61 Å². The van der Waals surface area contributed by atoms with E-state index in [0.29, 0.717) is 22.2 Å². The van der Waals surface area contributed by atoms with Crippen LogP contribution in [0.5, 0.6) is 5.75 Å². The Kier molecular flexibility index (Phi) is 10.2. The summed E-state index contributed by atoms with van der Waals surface area (Å²) >= 11 is 12.6. The van der Waals surface area contributed by atoms with Crippen LogP contribution in [0.25, 0.3) is 0 Å². The molecule has 3 aromatic rings. The average molecular weight is 527 g/mol. The molecule has 7 heteroatoms. The number of hydrogen-bond acceptors (Lipinski definition) is 3. The van der Waals surface area contributed by atoms with Crippen molar-refractivity contribution in [2.45, 2.75) is 52.2 Å². The summed E-state index contributed by atoms with van der Waals surface area (Å²) in [6.07, 6.45) is 1.14. The Morgan fingerprint density at radius 1 is 0.972 bits per heavy atom. The summed E-state index contributed by atoms with van der Waals surface area (Å²) in [5, 5.41) is 4.21. The number of nitrogens with one attached hydrogen (secondary N) is 1. The molecule has 190 valence electrons. The van der Waals surface area contributed by atoms with Gasteiger partial charge in [-0.3, -0.25) is 9.59 Å². The Bertz CT molecular complexity index is 1170. The number of nitrogens with zero attached hydrogens (tertiary/aromatic N) is 1. The second kappa shape index (κ2) is 13.3. The Morgan fingerprint density at radius 2 is 1.67 bits per heavy atom. The molecule has 0 radical (unpaired) electrons. The van der Waals surface area contributed by atoms with Gasteiger partial charge in [-0.15, -0.1) is 0 Å². The van der Waals surface area contributed by atoms with Gasteiger partial charge in [0.05, 0.1) is 0 Å². The van der Waals surface area contributed by atoms with Crippen LogP contribution < -0.4 is 10.1 Å². The van der Waals surface area contributed by atoms with E-state index in [1.54, 1.807) is 29.2 Å². The van der Waals surface area contributed by atoms with Crippen molar-refractivity contribution in [3.63, 3.8) is 0 Å². The van der Waals surface area contributed by atoms with Gasteiger partial charge < -0.3 is 15.0 Å². The van der Waals surface area contributed by atoms with Crippen molar-refractivity contribution < 1.29 is 14.3 Å². The molecular formula is C29H32Cl2N2O3. The zero-order valence-electron chi connectivity index (χ0n) is 20.8. The normalized spacial score (nSPS) is 12.5. The monoisotopic (exact) mass is 526 g/mol. The predicted octanol–water partition coefficient (Wildman–Crippen LogP) is 6.24. The lowest BCUT2D eigenvalue weighted by Crippen LogP contribution is -2.53. The number of ether oxygens (including phenoxy) is 1. The van der Waals surface area contributed by atoms with Crippen LogP contribution in [0.4, 0.5) is 0 Å². The molecule has 0 aliphatic heterocycles. The van der Waals surface area contributed by atoms with Crippen LogP contribution in [0.1, 0.15) is 37.0 Å². The molecule has 5 nitrogen and oxygen atoms in total. The number of halogens is 2. The second-order valence-corrected chi connectivity index (χ2v) is 9.65. The maximum absolute atomic E-state index is 13.6. The molecular weight excluding hydrogens is 495 g/mol. The first-order valence-corrected chi connectivity index (χ1v) is 12.8. The highest BCUT2D eigenvalue weighted by molar-refractivity contribution is 6.31. The third-order valence-corrected chi connectivity index (χ3v) is 6.86. The van der Waals surface area contributed by atoms with Gasteiger partial charge in [-0.2, -0.15) is 0 Å². The lowest BCUT2D eigenvalue weighted by atomic mass is 10.0. The van der Waals surface area contributed by atoms with Crippen molar-refractivity contribution in [2.24, 2.45) is 0 Å². The van der Waals surface area contributed by atoms with E-state index < -0.39 is 6.04 Å². The molecule has 36 heavy (non-hydrogen) atoms. The van der Waals surface area contributed by atoms with E-state index in [1.165, 1.54) is 0 Å². The van der Waals surface area contributed by atoms with E-state index >= 15 is 0 Å². The molecule has 0 aromatic heterocycles.